The number of aryl methyl sites for hydroxylation is 1. The zero-order chi connectivity index (χ0) is 14.7. The van der Waals surface area contributed by atoms with Crippen LogP contribution in [0.2, 0.25) is 0 Å². The zero-order valence-electron chi connectivity index (χ0n) is 11.9. The van der Waals surface area contributed by atoms with E-state index in [9.17, 15) is 4.79 Å². The summed E-state index contributed by atoms with van der Waals surface area (Å²) >= 11 is 0. The first-order valence-electron chi connectivity index (χ1n) is 7.05. The summed E-state index contributed by atoms with van der Waals surface area (Å²) in [6, 6.07) is 8.09. The van der Waals surface area contributed by atoms with E-state index >= 15 is 0 Å². The molecule has 1 atom stereocenters. The predicted molar refractivity (Wildman–Crippen MR) is 77.4 cm³/mol. The summed E-state index contributed by atoms with van der Waals surface area (Å²) in [7, 11) is 0. The third kappa shape index (κ3) is 3.43. The predicted octanol–water partition coefficient (Wildman–Crippen LogP) is 0.127. The lowest BCUT2D eigenvalue weighted by Crippen LogP contribution is -2.38. The van der Waals surface area contributed by atoms with Crippen LogP contribution in [-0.2, 0) is 11.3 Å². The minimum Gasteiger partial charge on any atom is -0.350 e. The van der Waals surface area contributed by atoms with Gasteiger partial charge < -0.3 is 10.6 Å². The Labute approximate surface area is 122 Å². The number of rotatable bonds is 4. The molecule has 1 aromatic heterocycles. The Morgan fingerprint density at radius 2 is 2.24 bits per heavy atom. The van der Waals surface area contributed by atoms with Crippen LogP contribution in [0.15, 0.2) is 24.3 Å². The second-order valence-electron chi connectivity index (χ2n) is 5.27. The van der Waals surface area contributed by atoms with Gasteiger partial charge in [0.1, 0.15) is 6.54 Å². The van der Waals surface area contributed by atoms with Crippen molar-refractivity contribution in [2.24, 2.45) is 0 Å². The average Bonchev–Trinajstić information content (AvgIpc) is 3.11. The van der Waals surface area contributed by atoms with Crippen LogP contribution >= 0.6 is 0 Å². The summed E-state index contributed by atoms with van der Waals surface area (Å²) in [5, 5.41) is 18.3. The largest absolute Gasteiger partial charge is 0.350 e. The molecule has 2 heterocycles. The smallest absolute Gasteiger partial charge is 0.243 e. The second-order valence-corrected chi connectivity index (χ2v) is 5.27. The monoisotopic (exact) mass is 286 g/mol. The van der Waals surface area contributed by atoms with E-state index in [4.69, 9.17) is 0 Å². The van der Waals surface area contributed by atoms with Gasteiger partial charge in [-0.25, -0.2) is 0 Å². The van der Waals surface area contributed by atoms with Crippen LogP contribution in [0, 0.1) is 6.92 Å². The van der Waals surface area contributed by atoms with Crippen LogP contribution in [0.25, 0.3) is 11.4 Å². The molecule has 1 amide bonds. The van der Waals surface area contributed by atoms with Gasteiger partial charge in [0, 0.05) is 18.2 Å². The average molecular weight is 286 g/mol. The second kappa shape index (κ2) is 6.01. The lowest BCUT2D eigenvalue weighted by atomic mass is 10.1. The van der Waals surface area contributed by atoms with Gasteiger partial charge >= 0.3 is 0 Å². The molecule has 1 unspecified atom stereocenters. The maximum atomic E-state index is 11.9. The number of nitrogens with one attached hydrogen (secondary N) is 2. The number of hydrogen-bond donors (Lipinski definition) is 2. The van der Waals surface area contributed by atoms with E-state index in [1.54, 1.807) is 0 Å². The molecule has 21 heavy (non-hydrogen) atoms. The Morgan fingerprint density at radius 3 is 2.95 bits per heavy atom. The molecule has 7 heteroatoms. The highest BCUT2D eigenvalue weighted by Gasteiger charge is 2.17. The van der Waals surface area contributed by atoms with E-state index in [0.717, 1.165) is 25.1 Å². The van der Waals surface area contributed by atoms with Crippen molar-refractivity contribution in [3.63, 3.8) is 0 Å². The van der Waals surface area contributed by atoms with Crippen molar-refractivity contribution in [1.29, 1.82) is 0 Å². The molecule has 110 valence electrons. The molecule has 1 aliphatic rings. The Morgan fingerprint density at radius 1 is 1.43 bits per heavy atom. The van der Waals surface area contributed by atoms with E-state index in [1.165, 1.54) is 10.4 Å². The molecule has 1 fully saturated rings. The van der Waals surface area contributed by atoms with Crippen LogP contribution < -0.4 is 10.6 Å². The van der Waals surface area contributed by atoms with Crippen LogP contribution in [0.3, 0.4) is 0 Å². The lowest BCUT2D eigenvalue weighted by molar-refractivity contribution is -0.122. The SMILES string of the molecule is Cc1ccc(-c2nnn(CC(=O)NC3CCNC3)n2)cc1. The molecule has 7 nitrogen and oxygen atoms in total. The first kappa shape index (κ1) is 13.7. The summed E-state index contributed by atoms with van der Waals surface area (Å²) in [6.45, 7) is 3.89. The first-order chi connectivity index (χ1) is 10.2. The highest BCUT2D eigenvalue weighted by molar-refractivity contribution is 5.75. The van der Waals surface area contributed by atoms with Crippen molar-refractivity contribution >= 4 is 5.91 Å². The number of carbonyl (C=O) groups excluding carboxylic acids is 1. The van der Waals surface area contributed by atoms with Gasteiger partial charge in [0.15, 0.2) is 0 Å². The summed E-state index contributed by atoms with van der Waals surface area (Å²) in [6.07, 6.45) is 0.963. The third-order valence-electron chi connectivity index (χ3n) is 3.47. The van der Waals surface area contributed by atoms with Gasteiger partial charge in [0.2, 0.25) is 11.7 Å². The molecule has 1 aliphatic heterocycles. The third-order valence-corrected chi connectivity index (χ3v) is 3.47. The molecule has 3 rings (SSSR count). The van der Waals surface area contributed by atoms with Crippen molar-refractivity contribution in [2.75, 3.05) is 13.1 Å². The highest BCUT2D eigenvalue weighted by Crippen LogP contribution is 2.13. The van der Waals surface area contributed by atoms with Crippen molar-refractivity contribution in [3.8, 4) is 11.4 Å². The minimum absolute atomic E-state index is 0.0865. The quantitative estimate of drug-likeness (QED) is 0.834. The fourth-order valence-corrected chi connectivity index (χ4v) is 2.31. The fraction of sp³-hybridized carbons (Fsp3) is 0.429. The van der Waals surface area contributed by atoms with Crippen LogP contribution in [0.1, 0.15) is 12.0 Å². The number of carbonyl (C=O) groups is 1. The summed E-state index contributed by atoms with van der Waals surface area (Å²) in [5.74, 6) is 0.446. The van der Waals surface area contributed by atoms with Gasteiger partial charge in [0.05, 0.1) is 0 Å². The summed E-state index contributed by atoms with van der Waals surface area (Å²) < 4.78 is 0. The van der Waals surface area contributed by atoms with Crippen molar-refractivity contribution in [3.05, 3.63) is 29.8 Å². The molecule has 2 N–H and O–H groups in total. The molecular weight excluding hydrogens is 268 g/mol. The maximum Gasteiger partial charge on any atom is 0.243 e. The van der Waals surface area contributed by atoms with Gasteiger partial charge in [-0.15, -0.1) is 10.2 Å². The topological polar surface area (TPSA) is 84.7 Å². The molecule has 1 saturated heterocycles. The van der Waals surface area contributed by atoms with Gasteiger partial charge in [-0.2, -0.15) is 4.80 Å². The van der Waals surface area contributed by atoms with Crippen LogP contribution in [0.4, 0.5) is 0 Å². The van der Waals surface area contributed by atoms with Crippen molar-refractivity contribution in [1.82, 2.24) is 30.8 Å². The maximum absolute atomic E-state index is 11.9. The number of aromatic nitrogens is 4. The standard InChI is InChI=1S/C14H18N6O/c1-10-2-4-11(5-3-10)14-17-19-20(18-14)9-13(21)16-12-6-7-15-8-12/h2-5,12,15H,6-9H2,1H3,(H,16,21). The summed E-state index contributed by atoms with van der Waals surface area (Å²) in [5.41, 5.74) is 2.07. The van der Waals surface area contributed by atoms with Crippen LogP contribution in [0.5, 0.6) is 0 Å². The number of tetrazole rings is 1. The molecule has 0 bridgehead atoms. The molecule has 0 spiro atoms. The van der Waals surface area contributed by atoms with Crippen molar-refractivity contribution < 1.29 is 4.79 Å². The van der Waals surface area contributed by atoms with Gasteiger partial charge in [0.25, 0.3) is 0 Å². The Kier molecular flexibility index (Phi) is 3.92. The van der Waals surface area contributed by atoms with Gasteiger partial charge in [-0.05, 0) is 25.1 Å². The van der Waals surface area contributed by atoms with E-state index in [-0.39, 0.29) is 18.5 Å². The van der Waals surface area contributed by atoms with E-state index < -0.39 is 0 Å². The number of amides is 1. The normalized spacial score (nSPS) is 17.9. The minimum atomic E-state index is -0.0865. The Balaban J connectivity index is 1.61. The molecule has 1 aromatic carbocycles. The molecule has 2 aromatic rings. The number of benzene rings is 1. The highest BCUT2D eigenvalue weighted by atomic mass is 16.2. The lowest BCUT2D eigenvalue weighted by Gasteiger charge is -2.10. The number of nitrogens with zero attached hydrogens (tertiary/aromatic N) is 4. The fourth-order valence-electron chi connectivity index (χ4n) is 2.31. The van der Waals surface area contributed by atoms with Gasteiger partial charge in [-0.1, -0.05) is 29.8 Å². The Bertz CT molecular complexity index is 615. The van der Waals surface area contributed by atoms with E-state index in [1.807, 2.05) is 31.2 Å². The van der Waals surface area contributed by atoms with E-state index in [0.29, 0.717) is 5.82 Å². The Hall–Kier alpha value is -2.28. The molecule has 0 aliphatic carbocycles. The number of hydrogen-bond acceptors (Lipinski definition) is 5. The summed E-state index contributed by atoms with van der Waals surface area (Å²) in [4.78, 5) is 13.2. The molecule has 0 saturated carbocycles. The van der Waals surface area contributed by atoms with Crippen molar-refractivity contribution in [2.45, 2.75) is 25.9 Å². The molecular formula is C14H18N6O. The van der Waals surface area contributed by atoms with E-state index in [2.05, 4.69) is 26.0 Å². The zero-order valence-corrected chi connectivity index (χ0v) is 11.9. The van der Waals surface area contributed by atoms with Gasteiger partial charge in [-0.3, -0.25) is 4.79 Å². The van der Waals surface area contributed by atoms with Crippen LogP contribution in [-0.4, -0.2) is 45.2 Å². The first-order valence-corrected chi connectivity index (χ1v) is 7.05. The molecule has 0 radical (unpaired) electrons.